The van der Waals surface area contributed by atoms with Gasteiger partial charge in [-0.2, -0.15) is 31.8 Å². The van der Waals surface area contributed by atoms with Crippen LogP contribution in [0.2, 0.25) is 10.0 Å². The average Bonchev–Trinajstić information content (AvgIpc) is 3.34. The molecule has 0 bridgehead atoms. The molecule has 0 atom stereocenters. The number of ether oxygens (including phenoxy) is 2. The first-order valence-electron chi connectivity index (χ1n) is 13.6. The van der Waals surface area contributed by atoms with Crippen LogP contribution in [0.25, 0.3) is 5.69 Å². The summed E-state index contributed by atoms with van der Waals surface area (Å²) < 4.78 is 88.0. The van der Waals surface area contributed by atoms with Gasteiger partial charge in [0.05, 0.1) is 53.5 Å². The fourth-order valence-electron chi connectivity index (χ4n) is 3.81. The molecular formula is C26H28Cl2F2N10O9S2. The first kappa shape index (κ1) is 40.3. The van der Waals surface area contributed by atoms with Crippen LogP contribution in [-0.2, 0) is 20.0 Å². The predicted molar refractivity (Wildman–Crippen MR) is 179 cm³/mol. The summed E-state index contributed by atoms with van der Waals surface area (Å²) in [7, 11) is -2.50. The molecule has 1 aromatic carbocycles. The molecule has 0 saturated heterocycles. The first-order chi connectivity index (χ1) is 23.7. The number of nitrogens with one attached hydrogen (secondary N) is 3. The summed E-state index contributed by atoms with van der Waals surface area (Å²) in [5.74, 6) is -0.889. The highest BCUT2D eigenvalue weighted by Gasteiger charge is 2.27. The molecule has 3 heterocycles. The largest absolute Gasteiger partial charge is 0.481 e. The second-order valence-electron chi connectivity index (χ2n) is 9.94. The van der Waals surface area contributed by atoms with Crippen molar-refractivity contribution in [1.82, 2.24) is 38.9 Å². The highest BCUT2D eigenvalue weighted by molar-refractivity contribution is 7.92. The molecule has 3 amide bonds. The Hall–Kier alpha value is -5.13. The number of benzene rings is 1. The summed E-state index contributed by atoms with van der Waals surface area (Å²) in [4.78, 5) is 48.9. The molecule has 276 valence electrons. The number of anilines is 2. The second kappa shape index (κ2) is 16.3. The highest BCUT2D eigenvalue weighted by Crippen LogP contribution is 2.31. The average molecular weight is 798 g/mol. The Morgan fingerprint density at radius 2 is 1.61 bits per heavy atom. The van der Waals surface area contributed by atoms with Crippen LogP contribution in [0.15, 0.2) is 46.3 Å². The summed E-state index contributed by atoms with van der Waals surface area (Å²) in [6.45, 7) is -1.85. The van der Waals surface area contributed by atoms with Crippen LogP contribution in [0.1, 0.15) is 22.7 Å². The highest BCUT2D eigenvalue weighted by atomic mass is 35.5. The van der Waals surface area contributed by atoms with Gasteiger partial charge in [-0.25, -0.2) is 32.3 Å². The quantitative estimate of drug-likeness (QED) is 0.209. The molecule has 0 fully saturated rings. The summed E-state index contributed by atoms with van der Waals surface area (Å²) in [5, 5.41) is 5.19. The molecule has 4 rings (SSSR count). The van der Waals surface area contributed by atoms with E-state index in [-0.39, 0.29) is 55.1 Å². The Morgan fingerprint density at radius 3 is 2.12 bits per heavy atom. The molecule has 4 aromatic rings. The number of hydrogen-bond donors (Lipinski definition) is 3. The van der Waals surface area contributed by atoms with Crippen molar-refractivity contribution in [3.05, 3.63) is 68.4 Å². The van der Waals surface area contributed by atoms with Crippen LogP contribution in [0.5, 0.6) is 11.8 Å². The molecule has 0 unspecified atom stereocenters. The molecule has 3 N–H and O–H groups in total. The number of alkyl halides is 2. The number of urea groups is 1. The number of aromatic nitrogens is 6. The number of carbonyl (C=O) groups is 2. The first-order valence-corrected chi connectivity index (χ1v) is 17.7. The molecule has 0 radical (unpaired) electrons. The van der Waals surface area contributed by atoms with Crippen LogP contribution in [0.3, 0.4) is 0 Å². The van der Waals surface area contributed by atoms with Gasteiger partial charge in [0, 0.05) is 20.3 Å². The van der Waals surface area contributed by atoms with Crippen molar-refractivity contribution >= 4 is 66.8 Å². The van der Waals surface area contributed by atoms with Gasteiger partial charge in [0.2, 0.25) is 27.7 Å². The van der Waals surface area contributed by atoms with Crippen molar-refractivity contribution in [1.29, 1.82) is 0 Å². The predicted octanol–water partition coefficient (Wildman–Crippen LogP) is 2.52. The van der Waals surface area contributed by atoms with Gasteiger partial charge in [-0.1, -0.05) is 23.2 Å². The lowest BCUT2D eigenvalue weighted by molar-refractivity contribution is 0.0640. The zero-order valence-electron chi connectivity index (χ0n) is 27.2. The number of nitrogens with zero attached hydrogens (tertiary/aromatic N) is 7. The van der Waals surface area contributed by atoms with E-state index >= 15 is 0 Å². The Morgan fingerprint density at radius 1 is 1.00 bits per heavy atom. The molecule has 0 spiro atoms. The molecule has 51 heavy (non-hydrogen) atoms. The van der Waals surface area contributed by atoms with E-state index in [2.05, 4.69) is 30.1 Å². The minimum atomic E-state index is -4.46. The van der Waals surface area contributed by atoms with Gasteiger partial charge >= 0.3 is 18.3 Å². The zero-order valence-corrected chi connectivity index (χ0v) is 30.3. The lowest BCUT2D eigenvalue weighted by Crippen LogP contribution is -2.36. The molecular weight excluding hydrogens is 769 g/mol. The van der Waals surface area contributed by atoms with E-state index in [0.29, 0.717) is 4.68 Å². The second-order valence-corrected chi connectivity index (χ2v) is 14.1. The number of carbonyl (C=O) groups excluding carboxylic acids is 2. The van der Waals surface area contributed by atoms with Crippen molar-refractivity contribution in [3.8, 4) is 17.4 Å². The number of halogens is 4. The third kappa shape index (κ3) is 10.2. The van der Waals surface area contributed by atoms with Gasteiger partial charge in [0.1, 0.15) is 5.82 Å². The smallest absolute Gasteiger partial charge is 0.355 e. The SMILES string of the molecule is COc1cc(OC)nc(NC(=O)NS(=O)(=O)c2ncccc2C(=O)N(C)C)n1.Cc1nn(-c2cc(NS(C)(=O)=O)c(Cl)cc2Cl)c(=O)n1C(F)F. The van der Waals surface area contributed by atoms with Crippen molar-refractivity contribution < 1.29 is 44.7 Å². The van der Waals surface area contributed by atoms with Gasteiger partial charge < -0.3 is 14.4 Å². The van der Waals surface area contributed by atoms with Crippen molar-refractivity contribution in [2.45, 2.75) is 18.5 Å². The van der Waals surface area contributed by atoms with Gasteiger partial charge in [-0.15, -0.1) is 5.10 Å². The van der Waals surface area contributed by atoms with E-state index < -0.39 is 49.2 Å². The number of pyridine rings is 1. The Kier molecular flexibility index (Phi) is 12.9. The van der Waals surface area contributed by atoms with E-state index in [0.717, 1.165) is 12.3 Å². The van der Waals surface area contributed by atoms with Crippen LogP contribution in [0.4, 0.5) is 25.2 Å². The van der Waals surface area contributed by atoms with Crippen molar-refractivity contribution in [3.63, 3.8) is 0 Å². The third-order valence-electron chi connectivity index (χ3n) is 5.95. The number of sulfonamides is 2. The third-order valence-corrected chi connectivity index (χ3v) is 8.44. The van der Waals surface area contributed by atoms with Crippen LogP contribution < -0.4 is 29.9 Å². The molecule has 0 saturated carbocycles. The number of amides is 3. The number of rotatable bonds is 10. The van der Waals surface area contributed by atoms with Crippen LogP contribution >= 0.6 is 23.2 Å². The standard InChI is InChI=1S/C15H18N6O6S.C11H10Cl2F2N4O3S/c1-21(2)13(22)9-6-5-7-16-12(9)28(24,25)20-15(23)19-14-17-10(26-3)8-11(18-14)27-4;1-5-16-19(11(20)18(5)10(14)15)9-4-8(17-23(2,21)22)6(12)3-7(9)13/h5-8H,1-4H3,(H2,17,18,19,20,23);3-4,10,17H,1-2H3. The molecule has 0 aliphatic carbocycles. The molecule has 0 aliphatic rings. The van der Waals surface area contributed by atoms with Gasteiger partial charge in [-0.05, 0) is 31.2 Å². The number of methoxy groups -OCH3 is 2. The van der Waals surface area contributed by atoms with Gasteiger partial charge in [0.25, 0.3) is 15.9 Å². The fraction of sp³-hybridized carbons (Fsp3) is 0.269. The van der Waals surface area contributed by atoms with E-state index in [1.54, 1.807) is 4.72 Å². The number of aryl methyl sites for hydroxylation is 1. The van der Waals surface area contributed by atoms with Crippen LogP contribution in [0, 0.1) is 6.92 Å². The summed E-state index contributed by atoms with van der Waals surface area (Å²) in [5.41, 5.74) is -1.46. The zero-order chi connectivity index (χ0) is 38.4. The van der Waals surface area contributed by atoms with Gasteiger partial charge in [0.15, 0.2) is 5.03 Å². The maximum atomic E-state index is 12.8. The lowest BCUT2D eigenvalue weighted by Gasteiger charge is -2.14. The van der Waals surface area contributed by atoms with E-state index in [9.17, 15) is 40.0 Å². The van der Waals surface area contributed by atoms with E-state index in [1.807, 2.05) is 0 Å². The fourth-order valence-corrected chi connectivity index (χ4v) is 5.98. The number of hydrogen-bond acceptors (Lipinski definition) is 13. The molecule has 3 aromatic heterocycles. The maximum Gasteiger partial charge on any atom is 0.355 e. The molecule has 25 heteroatoms. The topological polar surface area (TPSA) is 239 Å². The molecule has 0 aliphatic heterocycles. The Labute approximate surface area is 298 Å². The van der Waals surface area contributed by atoms with Crippen molar-refractivity contribution in [2.24, 2.45) is 0 Å². The lowest BCUT2D eigenvalue weighted by atomic mass is 10.2. The minimum absolute atomic E-state index is 0.0257. The minimum Gasteiger partial charge on any atom is -0.481 e. The van der Waals surface area contributed by atoms with E-state index in [4.69, 9.17) is 32.7 Å². The summed E-state index contributed by atoms with van der Waals surface area (Å²) in [6.07, 6.45) is 2.09. The summed E-state index contributed by atoms with van der Waals surface area (Å²) >= 11 is 11.8. The maximum absolute atomic E-state index is 12.8. The molecule has 19 nitrogen and oxygen atoms in total. The van der Waals surface area contributed by atoms with E-state index in [1.165, 1.54) is 70.6 Å². The van der Waals surface area contributed by atoms with Gasteiger partial charge in [-0.3, -0.25) is 14.8 Å². The Balaban J connectivity index is 0.000000281. The Bertz CT molecular complexity index is 2210. The van der Waals surface area contributed by atoms with Crippen LogP contribution in [-0.4, -0.2) is 97.5 Å². The monoisotopic (exact) mass is 796 g/mol. The normalized spacial score (nSPS) is 11.3. The summed E-state index contributed by atoms with van der Waals surface area (Å²) in [6, 6.07) is 5.21. The van der Waals surface area contributed by atoms with Crippen molar-refractivity contribution in [2.75, 3.05) is 44.6 Å².